The highest BCUT2D eigenvalue weighted by Crippen LogP contribution is 2.22. The molecule has 22 heavy (non-hydrogen) atoms. The monoisotopic (exact) mass is 319 g/mol. The van der Waals surface area contributed by atoms with Crippen LogP contribution < -0.4 is 5.32 Å². The first-order valence-corrected chi connectivity index (χ1v) is 8.88. The third kappa shape index (κ3) is 5.07. The Kier molecular flexibility index (Phi) is 6.80. The quantitative estimate of drug-likeness (QED) is 0.772. The molecular formula is C17H25N3OS. The van der Waals surface area contributed by atoms with Crippen LogP contribution in [-0.4, -0.2) is 42.0 Å². The molecule has 1 heterocycles. The number of hydrogen-bond acceptors (Lipinski definition) is 4. The second kappa shape index (κ2) is 8.86. The summed E-state index contributed by atoms with van der Waals surface area (Å²) in [5.41, 5.74) is 1.06. The Morgan fingerprint density at radius 1 is 1.27 bits per heavy atom. The van der Waals surface area contributed by atoms with Crippen LogP contribution in [0, 0.1) is 0 Å². The van der Waals surface area contributed by atoms with Crippen molar-refractivity contribution in [3.05, 3.63) is 29.3 Å². The summed E-state index contributed by atoms with van der Waals surface area (Å²) in [7, 11) is 0. The van der Waals surface area contributed by atoms with E-state index in [2.05, 4.69) is 35.1 Å². The minimum Gasteiger partial charge on any atom is -0.355 e. The van der Waals surface area contributed by atoms with Crippen molar-refractivity contribution < 1.29 is 4.79 Å². The Bertz CT molecular complexity index is 559. The van der Waals surface area contributed by atoms with Crippen LogP contribution >= 0.6 is 11.3 Å². The topological polar surface area (TPSA) is 45.2 Å². The normalized spacial score (nSPS) is 11.2. The van der Waals surface area contributed by atoms with Gasteiger partial charge in [0.15, 0.2) is 0 Å². The predicted octanol–water partition coefficient (Wildman–Crippen LogP) is 3.08. The van der Waals surface area contributed by atoms with Crippen LogP contribution in [-0.2, 0) is 11.2 Å². The minimum atomic E-state index is 0.147. The lowest BCUT2D eigenvalue weighted by molar-refractivity contribution is -0.121. The summed E-state index contributed by atoms with van der Waals surface area (Å²) >= 11 is 1.73. The molecule has 1 amide bonds. The van der Waals surface area contributed by atoms with E-state index in [1.807, 2.05) is 18.2 Å². The van der Waals surface area contributed by atoms with E-state index in [1.54, 1.807) is 11.3 Å². The standard InChI is InChI=1S/C17H25N3OS/c1-3-20(4-2)13-12-18-16(21)10-7-11-17-19-14-8-5-6-9-15(14)22-17/h5-6,8-9H,3-4,7,10-13H2,1-2H3,(H,18,21). The van der Waals surface area contributed by atoms with Gasteiger partial charge in [-0.05, 0) is 38.1 Å². The lowest BCUT2D eigenvalue weighted by Gasteiger charge is -2.17. The van der Waals surface area contributed by atoms with Crippen molar-refractivity contribution in [2.24, 2.45) is 0 Å². The Hall–Kier alpha value is -1.46. The summed E-state index contributed by atoms with van der Waals surface area (Å²) in [6, 6.07) is 8.18. The molecule has 4 nitrogen and oxygen atoms in total. The third-order valence-corrected chi connectivity index (χ3v) is 4.87. The number of carbonyl (C=O) groups excluding carboxylic acids is 1. The maximum Gasteiger partial charge on any atom is 0.220 e. The van der Waals surface area contributed by atoms with Gasteiger partial charge in [0.25, 0.3) is 0 Å². The largest absolute Gasteiger partial charge is 0.355 e. The number of rotatable bonds is 9. The fourth-order valence-electron chi connectivity index (χ4n) is 2.41. The number of carbonyl (C=O) groups is 1. The van der Waals surface area contributed by atoms with Gasteiger partial charge in [0.05, 0.1) is 15.2 Å². The summed E-state index contributed by atoms with van der Waals surface area (Å²) in [6.45, 7) is 8.01. The molecule has 1 N–H and O–H groups in total. The smallest absolute Gasteiger partial charge is 0.220 e. The van der Waals surface area contributed by atoms with Crippen LogP contribution in [0.2, 0.25) is 0 Å². The van der Waals surface area contributed by atoms with Gasteiger partial charge < -0.3 is 10.2 Å². The molecule has 5 heteroatoms. The molecule has 0 radical (unpaired) electrons. The highest BCUT2D eigenvalue weighted by atomic mass is 32.1. The first-order valence-electron chi connectivity index (χ1n) is 8.06. The Morgan fingerprint density at radius 3 is 2.77 bits per heavy atom. The van der Waals surface area contributed by atoms with Gasteiger partial charge in [-0.2, -0.15) is 0 Å². The van der Waals surface area contributed by atoms with E-state index in [1.165, 1.54) is 4.70 Å². The SMILES string of the molecule is CCN(CC)CCNC(=O)CCCc1nc2ccccc2s1. The molecule has 0 unspecified atom stereocenters. The molecular weight excluding hydrogens is 294 g/mol. The highest BCUT2D eigenvalue weighted by Gasteiger charge is 2.06. The molecule has 0 saturated heterocycles. The van der Waals surface area contributed by atoms with Crippen molar-refractivity contribution in [1.82, 2.24) is 15.2 Å². The van der Waals surface area contributed by atoms with Crippen LogP contribution in [0.15, 0.2) is 24.3 Å². The average Bonchev–Trinajstić information content (AvgIpc) is 2.94. The highest BCUT2D eigenvalue weighted by molar-refractivity contribution is 7.18. The molecule has 0 aliphatic rings. The van der Waals surface area contributed by atoms with Crippen molar-refractivity contribution in [3.8, 4) is 0 Å². The predicted molar refractivity (Wildman–Crippen MR) is 93.4 cm³/mol. The van der Waals surface area contributed by atoms with E-state index in [9.17, 15) is 4.79 Å². The molecule has 0 aliphatic carbocycles. The number of aryl methyl sites for hydroxylation is 1. The first kappa shape index (κ1) is 16.9. The van der Waals surface area contributed by atoms with E-state index >= 15 is 0 Å². The number of aromatic nitrogens is 1. The van der Waals surface area contributed by atoms with Gasteiger partial charge in [0.1, 0.15) is 0 Å². The molecule has 0 bridgehead atoms. The minimum absolute atomic E-state index is 0.147. The number of nitrogens with zero attached hydrogens (tertiary/aromatic N) is 2. The number of fused-ring (bicyclic) bond motifs is 1. The number of thiazole rings is 1. The average molecular weight is 319 g/mol. The fraction of sp³-hybridized carbons (Fsp3) is 0.529. The Labute approximate surface area is 136 Å². The zero-order valence-corrected chi connectivity index (χ0v) is 14.3. The van der Waals surface area contributed by atoms with Crippen molar-refractivity contribution >= 4 is 27.5 Å². The van der Waals surface area contributed by atoms with Crippen LogP contribution in [0.5, 0.6) is 0 Å². The summed E-state index contributed by atoms with van der Waals surface area (Å²) in [6.07, 6.45) is 2.31. The summed E-state index contributed by atoms with van der Waals surface area (Å²) in [4.78, 5) is 18.7. The first-order chi connectivity index (χ1) is 10.7. The molecule has 0 atom stereocenters. The molecule has 2 rings (SSSR count). The number of para-hydroxylation sites is 1. The van der Waals surface area contributed by atoms with E-state index in [4.69, 9.17) is 0 Å². The third-order valence-electron chi connectivity index (χ3n) is 3.78. The maximum atomic E-state index is 11.8. The van der Waals surface area contributed by atoms with Crippen LogP contribution in [0.25, 0.3) is 10.2 Å². The maximum absolute atomic E-state index is 11.8. The lowest BCUT2D eigenvalue weighted by atomic mass is 10.2. The zero-order chi connectivity index (χ0) is 15.8. The number of amides is 1. The lowest BCUT2D eigenvalue weighted by Crippen LogP contribution is -2.34. The molecule has 0 saturated carbocycles. The van der Waals surface area contributed by atoms with Crippen molar-refractivity contribution in [3.63, 3.8) is 0 Å². The number of likely N-dealkylation sites (N-methyl/N-ethyl adjacent to an activating group) is 1. The van der Waals surface area contributed by atoms with E-state index < -0.39 is 0 Å². The molecule has 0 spiro atoms. The van der Waals surface area contributed by atoms with Gasteiger partial charge in [-0.3, -0.25) is 4.79 Å². The van der Waals surface area contributed by atoms with E-state index in [0.717, 1.165) is 49.5 Å². The number of benzene rings is 1. The van der Waals surface area contributed by atoms with E-state index in [0.29, 0.717) is 6.42 Å². The van der Waals surface area contributed by atoms with Crippen LogP contribution in [0.1, 0.15) is 31.7 Å². The van der Waals surface area contributed by atoms with Gasteiger partial charge in [0.2, 0.25) is 5.91 Å². The van der Waals surface area contributed by atoms with Crippen molar-refractivity contribution in [2.75, 3.05) is 26.2 Å². The molecule has 2 aromatic rings. The number of nitrogens with one attached hydrogen (secondary N) is 1. The van der Waals surface area contributed by atoms with Gasteiger partial charge in [-0.15, -0.1) is 11.3 Å². The van der Waals surface area contributed by atoms with Gasteiger partial charge in [-0.1, -0.05) is 26.0 Å². The summed E-state index contributed by atoms with van der Waals surface area (Å²) in [5.74, 6) is 0.147. The van der Waals surface area contributed by atoms with E-state index in [-0.39, 0.29) is 5.91 Å². The molecule has 1 aromatic carbocycles. The Balaban J connectivity index is 1.66. The van der Waals surface area contributed by atoms with Crippen molar-refractivity contribution in [2.45, 2.75) is 33.1 Å². The van der Waals surface area contributed by atoms with Gasteiger partial charge >= 0.3 is 0 Å². The Morgan fingerprint density at radius 2 is 2.05 bits per heavy atom. The molecule has 1 aromatic heterocycles. The molecule has 0 aliphatic heterocycles. The molecule has 0 fully saturated rings. The van der Waals surface area contributed by atoms with Crippen LogP contribution in [0.3, 0.4) is 0 Å². The molecule has 120 valence electrons. The second-order valence-electron chi connectivity index (χ2n) is 5.31. The van der Waals surface area contributed by atoms with Crippen molar-refractivity contribution in [1.29, 1.82) is 0 Å². The van der Waals surface area contributed by atoms with Crippen LogP contribution in [0.4, 0.5) is 0 Å². The fourth-order valence-corrected chi connectivity index (χ4v) is 3.42. The number of hydrogen-bond donors (Lipinski definition) is 1. The summed E-state index contributed by atoms with van der Waals surface area (Å²) in [5, 5.41) is 4.12. The second-order valence-corrected chi connectivity index (χ2v) is 6.42. The van der Waals surface area contributed by atoms with Gasteiger partial charge in [0, 0.05) is 19.5 Å². The van der Waals surface area contributed by atoms with Gasteiger partial charge in [-0.25, -0.2) is 4.98 Å². The summed E-state index contributed by atoms with van der Waals surface area (Å²) < 4.78 is 1.22. The zero-order valence-electron chi connectivity index (χ0n) is 13.5.